The molecule has 28 heavy (non-hydrogen) atoms. The lowest BCUT2D eigenvalue weighted by Gasteiger charge is -2.15. The highest BCUT2D eigenvalue weighted by atomic mass is 16.5. The molecule has 0 aliphatic carbocycles. The highest BCUT2D eigenvalue weighted by Gasteiger charge is 2.20. The van der Waals surface area contributed by atoms with Crippen LogP contribution in [0.4, 0.5) is 11.6 Å². The molecule has 0 atom stereocenters. The van der Waals surface area contributed by atoms with Crippen LogP contribution in [0.15, 0.2) is 29.9 Å². The van der Waals surface area contributed by atoms with Gasteiger partial charge in [-0.1, -0.05) is 20.4 Å². The minimum atomic E-state index is -0.285. The van der Waals surface area contributed by atoms with Gasteiger partial charge in [-0.05, 0) is 24.5 Å². The minimum Gasteiger partial charge on any atom is -0.476 e. The highest BCUT2D eigenvalue weighted by Crippen LogP contribution is 2.27. The molecule has 0 aromatic carbocycles. The van der Waals surface area contributed by atoms with E-state index < -0.39 is 0 Å². The van der Waals surface area contributed by atoms with Crippen molar-refractivity contribution in [2.75, 3.05) is 25.5 Å². The summed E-state index contributed by atoms with van der Waals surface area (Å²) in [5.74, 6) is 2.58. The SMILES string of the molecule is C=C(NC)n1ncc2c1/N=C(\C)Nc1nc(ccc1C(C)C)OCCNC2=O. The number of ether oxygens (including phenoxy) is 1. The number of hydrogen-bond acceptors (Lipinski definition) is 7. The molecule has 0 unspecified atom stereocenters. The number of nitrogens with zero attached hydrogens (tertiary/aromatic N) is 4. The number of amidine groups is 1. The van der Waals surface area contributed by atoms with E-state index in [0.29, 0.717) is 47.9 Å². The number of carbonyl (C=O) groups is 1. The van der Waals surface area contributed by atoms with Crippen LogP contribution < -0.4 is 20.7 Å². The van der Waals surface area contributed by atoms with Crippen LogP contribution in [0.25, 0.3) is 5.82 Å². The molecule has 2 aromatic rings. The van der Waals surface area contributed by atoms with E-state index in [4.69, 9.17) is 4.74 Å². The monoisotopic (exact) mass is 383 g/mol. The van der Waals surface area contributed by atoms with Crippen molar-refractivity contribution < 1.29 is 9.53 Å². The minimum absolute atomic E-state index is 0.265. The normalized spacial score (nSPS) is 16.2. The number of nitrogens with one attached hydrogen (secondary N) is 3. The number of aliphatic imine (C=N–C) groups is 1. The topological polar surface area (TPSA) is 105 Å². The van der Waals surface area contributed by atoms with Crippen LogP contribution in [0.1, 0.15) is 42.6 Å². The molecule has 1 amide bonds. The molecular weight excluding hydrogens is 358 g/mol. The Morgan fingerprint density at radius 3 is 2.89 bits per heavy atom. The summed E-state index contributed by atoms with van der Waals surface area (Å²) in [7, 11) is 1.73. The van der Waals surface area contributed by atoms with Crippen molar-refractivity contribution in [3.8, 4) is 5.88 Å². The number of aromatic nitrogens is 3. The molecular formula is C19H25N7O2. The maximum atomic E-state index is 12.6. The standard InChI is InChI=1S/C19H25N7O2/c1-11(2)14-6-7-16-25-17(14)23-12(3)24-18-15(19(27)21-8-9-28-16)10-22-26(18)13(4)20-5/h6-7,10-11,20H,4,8-9H2,1-3,5H3,(H,21,27)(H,23,24,25). The van der Waals surface area contributed by atoms with Crippen molar-refractivity contribution in [1.82, 2.24) is 25.4 Å². The Balaban J connectivity index is 2.10. The van der Waals surface area contributed by atoms with E-state index in [2.05, 4.69) is 51.5 Å². The molecule has 0 radical (unpaired) electrons. The first-order valence-electron chi connectivity index (χ1n) is 9.10. The number of anilines is 1. The number of carbonyl (C=O) groups excluding carboxylic acids is 1. The van der Waals surface area contributed by atoms with E-state index in [1.807, 2.05) is 12.1 Å². The Labute approximate surface area is 163 Å². The average Bonchev–Trinajstić information content (AvgIpc) is 3.07. The fourth-order valence-electron chi connectivity index (χ4n) is 2.79. The molecule has 9 nitrogen and oxygen atoms in total. The van der Waals surface area contributed by atoms with Crippen molar-refractivity contribution in [3.05, 3.63) is 36.0 Å². The van der Waals surface area contributed by atoms with E-state index in [1.54, 1.807) is 14.0 Å². The van der Waals surface area contributed by atoms with Crippen LogP contribution in [0.3, 0.4) is 0 Å². The molecule has 0 saturated carbocycles. The van der Waals surface area contributed by atoms with Crippen molar-refractivity contribution in [1.29, 1.82) is 0 Å². The Kier molecular flexibility index (Phi) is 5.62. The zero-order chi connectivity index (χ0) is 20.3. The maximum absolute atomic E-state index is 12.6. The van der Waals surface area contributed by atoms with Gasteiger partial charge in [0.15, 0.2) is 5.82 Å². The fourth-order valence-corrected chi connectivity index (χ4v) is 2.79. The predicted molar refractivity (Wildman–Crippen MR) is 109 cm³/mol. The maximum Gasteiger partial charge on any atom is 0.256 e. The van der Waals surface area contributed by atoms with Gasteiger partial charge in [-0.2, -0.15) is 14.8 Å². The van der Waals surface area contributed by atoms with Crippen LogP contribution in [0.5, 0.6) is 5.88 Å². The third kappa shape index (κ3) is 3.98. The molecule has 3 heterocycles. The molecule has 1 aliphatic rings. The second-order valence-electron chi connectivity index (χ2n) is 6.66. The van der Waals surface area contributed by atoms with Gasteiger partial charge >= 0.3 is 0 Å². The Morgan fingerprint density at radius 1 is 1.39 bits per heavy atom. The summed E-state index contributed by atoms with van der Waals surface area (Å²) in [6, 6.07) is 3.82. The summed E-state index contributed by atoms with van der Waals surface area (Å²) in [5.41, 5.74) is 1.39. The van der Waals surface area contributed by atoms with Gasteiger partial charge in [-0.3, -0.25) is 4.79 Å². The molecule has 0 saturated heterocycles. The lowest BCUT2D eigenvalue weighted by atomic mass is 10.0. The Bertz CT molecular complexity index is 930. The van der Waals surface area contributed by atoms with E-state index in [0.717, 1.165) is 5.56 Å². The highest BCUT2D eigenvalue weighted by molar-refractivity contribution is 6.01. The first-order valence-corrected chi connectivity index (χ1v) is 9.10. The zero-order valence-electron chi connectivity index (χ0n) is 16.5. The molecule has 0 spiro atoms. The van der Waals surface area contributed by atoms with Gasteiger partial charge in [0.1, 0.15) is 29.6 Å². The lowest BCUT2D eigenvalue weighted by Crippen LogP contribution is -2.28. The molecule has 148 valence electrons. The second kappa shape index (κ2) is 8.12. The van der Waals surface area contributed by atoms with Gasteiger partial charge in [0, 0.05) is 13.1 Å². The van der Waals surface area contributed by atoms with Gasteiger partial charge in [-0.25, -0.2) is 4.99 Å². The lowest BCUT2D eigenvalue weighted by molar-refractivity contribution is 0.0947. The number of amides is 1. The van der Waals surface area contributed by atoms with Crippen molar-refractivity contribution >= 4 is 29.2 Å². The molecule has 9 heteroatoms. The molecule has 0 fully saturated rings. The van der Waals surface area contributed by atoms with Crippen LogP contribution >= 0.6 is 0 Å². The van der Waals surface area contributed by atoms with Gasteiger partial charge in [0.2, 0.25) is 5.88 Å². The molecule has 1 aliphatic heterocycles. The van der Waals surface area contributed by atoms with Crippen LogP contribution in [0, 0.1) is 0 Å². The van der Waals surface area contributed by atoms with E-state index in [-0.39, 0.29) is 11.8 Å². The summed E-state index contributed by atoms with van der Waals surface area (Å²) in [6.45, 7) is 10.5. The zero-order valence-corrected chi connectivity index (χ0v) is 16.5. The summed E-state index contributed by atoms with van der Waals surface area (Å²) < 4.78 is 7.17. The molecule has 2 aromatic heterocycles. The fraction of sp³-hybridized carbons (Fsp3) is 0.368. The van der Waals surface area contributed by atoms with E-state index in [9.17, 15) is 4.79 Å². The molecule has 3 N–H and O–H groups in total. The van der Waals surface area contributed by atoms with Gasteiger partial charge in [0.25, 0.3) is 5.91 Å². The molecule has 2 bridgehead atoms. The molecule has 3 rings (SSSR count). The number of pyridine rings is 1. The van der Waals surface area contributed by atoms with E-state index in [1.165, 1.54) is 10.9 Å². The average molecular weight is 383 g/mol. The van der Waals surface area contributed by atoms with Gasteiger partial charge in [-0.15, -0.1) is 0 Å². The summed E-state index contributed by atoms with van der Waals surface area (Å²) in [6.07, 6.45) is 1.47. The van der Waals surface area contributed by atoms with Crippen LogP contribution in [0.2, 0.25) is 0 Å². The van der Waals surface area contributed by atoms with Gasteiger partial charge < -0.3 is 20.7 Å². The number of fused-ring (bicyclic) bond motifs is 3. The largest absolute Gasteiger partial charge is 0.476 e. The Hall–Kier alpha value is -3.36. The van der Waals surface area contributed by atoms with Gasteiger partial charge in [0.05, 0.1) is 12.7 Å². The quantitative estimate of drug-likeness (QED) is 0.751. The first-order chi connectivity index (χ1) is 13.4. The van der Waals surface area contributed by atoms with Crippen LogP contribution in [-0.4, -0.2) is 46.7 Å². The number of hydrogen-bond donors (Lipinski definition) is 3. The van der Waals surface area contributed by atoms with E-state index >= 15 is 0 Å². The Morgan fingerprint density at radius 2 is 2.18 bits per heavy atom. The van der Waals surface area contributed by atoms with Crippen molar-refractivity contribution in [3.63, 3.8) is 0 Å². The third-order valence-corrected chi connectivity index (χ3v) is 4.27. The van der Waals surface area contributed by atoms with Crippen molar-refractivity contribution in [2.45, 2.75) is 26.7 Å². The predicted octanol–water partition coefficient (Wildman–Crippen LogP) is 2.33. The second-order valence-corrected chi connectivity index (χ2v) is 6.66. The first kappa shape index (κ1) is 19.4. The summed E-state index contributed by atoms with van der Waals surface area (Å²) >= 11 is 0. The van der Waals surface area contributed by atoms with Crippen molar-refractivity contribution in [2.24, 2.45) is 4.99 Å². The third-order valence-electron chi connectivity index (χ3n) is 4.27. The summed E-state index contributed by atoms with van der Waals surface area (Å²) in [4.78, 5) is 21.8. The van der Waals surface area contributed by atoms with Crippen LogP contribution in [-0.2, 0) is 0 Å². The number of rotatable bonds is 3. The smallest absolute Gasteiger partial charge is 0.256 e. The summed E-state index contributed by atoms with van der Waals surface area (Å²) in [5, 5.41) is 13.2.